The maximum atomic E-state index is 5.98. The molecule has 2 N–H and O–H groups in total. The Morgan fingerprint density at radius 2 is 2.07 bits per heavy atom. The number of fused-ring (bicyclic) bond motifs is 1. The van der Waals surface area contributed by atoms with Crippen molar-refractivity contribution in [3.05, 3.63) is 30.2 Å². The summed E-state index contributed by atoms with van der Waals surface area (Å²) in [6.45, 7) is 8.23. The quantitative estimate of drug-likeness (QED) is 0.232. The number of aromatic nitrogens is 3. The Morgan fingerprint density at radius 3 is 2.76 bits per heavy atom. The van der Waals surface area contributed by atoms with Gasteiger partial charge in [0.1, 0.15) is 5.82 Å². The lowest BCUT2D eigenvalue weighted by Crippen LogP contribution is -2.65. The monoisotopic (exact) mass is 514 g/mol. The van der Waals surface area contributed by atoms with Crippen LogP contribution >= 0.6 is 24.0 Å². The summed E-state index contributed by atoms with van der Waals surface area (Å²) < 4.78 is 8.03. The molecule has 0 aliphatic heterocycles. The molecule has 1 aliphatic rings. The van der Waals surface area contributed by atoms with E-state index in [9.17, 15) is 0 Å². The van der Waals surface area contributed by atoms with Gasteiger partial charge >= 0.3 is 0 Å². The number of aliphatic imine (C=N–C) groups is 1. The Labute approximate surface area is 191 Å². The van der Waals surface area contributed by atoms with Gasteiger partial charge in [-0.15, -0.1) is 34.2 Å². The van der Waals surface area contributed by atoms with Crippen molar-refractivity contribution in [1.82, 2.24) is 25.2 Å². The molecule has 1 fully saturated rings. The van der Waals surface area contributed by atoms with Crippen molar-refractivity contribution < 1.29 is 4.74 Å². The molecule has 2 aromatic rings. The zero-order valence-electron chi connectivity index (χ0n) is 18.0. The van der Waals surface area contributed by atoms with Crippen molar-refractivity contribution in [1.29, 1.82) is 0 Å². The van der Waals surface area contributed by atoms with E-state index in [1.807, 2.05) is 35.8 Å². The van der Waals surface area contributed by atoms with Crippen LogP contribution < -0.4 is 10.6 Å². The molecule has 2 atom stereocenters. The van der Waals surface area contributed by atoms with Crippen LogP contribution in [0.15, 0.2) is 29.4 Å². The summed E-state index contributed by atoms with van der Waals surface area (Å²) in [4.78, 5) is 4.42. The Bertz CT molecular complexity index is 788. The minimum absolute atomic E-state index is 0. The van der Waals surface area contributed by atoms with E-state index >= 15 is 0 Å². The van der Waals surface area contributed by atoms with Crippen LogP contribution in [-0.2, 0) is 11.2 Å². The van der Waals surface area contributed by atoms with Gasteiger partial charge in [-0.05, 0) is 44.7 Å². The first-order valence-corrected chi connectivity index (χ1v) is 10.6. The molecule has 7 nitrogen and oxygen atoms in total. The molecular formula is C21H35IN6O. The number of rotatable bonds is 9. The normalized spacial score (nSPS) is 20.8. The van der Waals surface area contributed by atoms with Crippen molar-refractivity contribution >= 4 is 35.6 Å². The van der Waals surface area contributed by atoms with Gasteiger partial charge in [-0.3, -0.25) is 9.39 Å². The summed E-state index contributed by atoms with van der Waals surface area (Å²) in [6.07, 6.45) is 7.48. The van der Waals surface area contributed by atoms with Gasteiger partial charge in [-0.2, -0.15) is 0 Å². The number of aryl methyl sites for hydroxylation is 1. The molecule has 0 radical (unpaired) electrons. The van der Waals surface area contributed by atoms with E-state index in [-0.39, 0.29) is 29.4 Å². The molecule has 2 heterocycles. The molecule has 3 rings (SSSR count). The van der Waals surface area contributed by atoms with Crippen molar-refractivity contribution in [3.8, 4) is 0 Å². The van der Waals surface area contributed by atoms with Crippen LogP contribution in [0.3, 0.4) is 0 Å². The molecule has 162 valence electrons. The average molecular weight is 514 g/mol. The van der Waals surface area contributed by atoms with Gasteiger partial charge in [-0.1, -0.05) is 19.9 Å². The van der Waals surface area contributed by atoms with Crippen LogP contribution in [0.2, 0.25) is 0 Å². The number of nitrogens with one attached hydrogen (secondary N) is 2. The second-order valence-corrected chi connectivity index (χ2v) is 7.46. The first-order chi connectivity index (χ1) is 13.7. The summed E-state index contributed by atoms with van der Waals surface area (Å²) >= 11 is 0. The van der Waals surface area contributed by atoms with E-state index in [0.717, 1.165) is 62.7 Å². The number of guanidine groups is 1. The molecule has 8 heteroatoms. The third-order valence-electron chi connectivity index (χ3n) is 6.26. The SMILES string of the molecule is CCOC1CC(NC(=NC)NCCCc2nnc3ccccn23)C1(CC)CC.I. The standard InChI is InChI=1S/C21H34N6O.HI/c1-5-21(6-2)16(15-17(21)28-7-3)24-20(22-4)23-13-10-12-19-26-25-18-11-8-9-14-27(18)19;/h8-9,11,14,16-17H,5-7,10,12-13,15H2,1-4H3,(H2,22,23,24);1H. The molecule has 0 spiro atoms. The topological polar surface area (TPSA) is 75.8 Å². The van der Waals surface area contributed by atoms with Gasteiger partial charge in [0, 0.05) is 44.3 Å². The van der Waals surface area contributed by atoms with Gasteiger partial charge in [0.2, 0.25) is 0 Å². The van der Waals surface area contributed by atoms with Crippen molar-refractivity contribution in [2.45, 2.75) is 65.0 Å². The minimum atomic E-state index is 0. The molecule has 2 unspecified atom stereocenters. The highest BCUT2D eigenvalue weighted by Gasteiger charge is 2.53. The highest BCUT2D eigenvalue weighted by atomic mass is 127. The number of nitrogens with zero attached hydrogens (tertiary/aromatic N) is 4. The van der Waals surface area contributed by atoms with Crippen LogP contribution in [0.5, 0.6) is 0 Å². The molecule has 2 aromatic heterocycles. The second kappa shape index (κ2) is 11.1. The maximum Gasteiger partial charge on any atom is 0.191 e. The van der Waals surface area contributed by atoms with Gasteiger partial charge < -0.3 is 15.4 Å². The lowest BCUT2D eigenvalue weighted by molar-refractivity contribution is -0.133. The number of halogens is 1. The summed E-state index contributed by atoms with van der Waals surface area (Å²) in [5, 5.41) is 15.6. The van der Waals surface area contributed by atoms with E-state index in [4.69, 9.17) is 4.74 Å². The Hall–Kier alpha value is -1.42. The van der Waals surface area contributed by atoms with Crippen LogP contribution in [0, 0.1) is 5.41 Å². The van der Waals surface area contributed by atoms with E-state index in [0.29, 0.717) is 12.1 Å². The van der Waals surface area contributed by atoms with E-state index in [1.165, 1.54) is 0 Å². The summed E-state index contributed by atoms with van der Waals surface area (Å²) in [6, 6.07) is 6.37. The zero-order valence-corrected chi connectivity index (χ0v) is 20.3. The first-order valence-electron chi connectivity index (χ1n) is 10.6. The Morgan fingerprint density at radius 1 is 1.28 bits per heavy atom. The third kappa shape index (κ3) is 5.02. The lowest BCUT2D eigenvalue weighted by atomic mass is 9.58. The smallest absolute Gasteiger partial charge is 0.191 e. The largest absolute Gasteiger partial charge is 0.378 e. The Kier molecular flexibility index (Phi) is 9.13. The first kappa shape index (κ1) is 23.9. The molecule has 0 amide bonds. The number of hydrogen-bond acceptors (Lipinski definition) is 4. The van der Waals surface area contributed by atoms with Gasteiger partial charge in [0.25, 0.3) is 0 Å². The van der Waals surface area contributed by atoms with Crippen LogP contribution in [0.4, 0.5) is 0 Å². The van der Waals surface area contributed by atoms with Crippen molar-refractivity contribution in [3.63, 3.8) is 0 Å². The number of ether oxygens (including phenoxy) is 1. The van der Waals surface area contributed by atoms with E-state index in [2.05, 4.69) is 46.6 Å². The van der Waals surface area contributed by atoms with Crippen molar-refractivity contribution in [2.24, 2.45) is 10.4 Å². The number of hydrogen-bond donors (Lipinski definition) is 2. The van der Waals surface area contributed by atoms with Crippen LogP contribution in [0.1, 0.15) is 52.3 Å². The molecule has 29 heavy (non-hydrogen) atoms. The molecule has 0 aromatic carbocycles. The molecular weight excluding hydrogens is 479 g/mol. The summed E-state index contributed by atoms with van der Waals surface area (Å²) in [5.41, 5.74) is 1.10. The average Bonchev–Trinajstić information content (AvgIpc) is 3.13. The predicted octanol–water partition coefficient (Wildman–Crippen LogP) is 3.43. The van der Waals surface area contributed by atoms with Gasteiger partial charge in [-0.25, -0.2) is 0 Å². The fraction of sp³-hybridized carbons (Fsp3) is 0.667. The van der Waals surface area contributed by atoms with Gasteiger partial charge in [0.05, 0.1) is 6.10 Å². The summed E-state index contributed by atoms with van der Waals surface area (Å²) in [7, 11) is 1.83. The van der Waals surface area contributed by atoms with E-state index in [1.54, 1.807) is 0 Å². The molecule has 0 bridgehead atoms. The van der Waals surface area contributed by atoms with Crippen LogP contribution in [0.25, 0.3) is 5.65 Å². The number of pyridine rings is 1. The third-order valence-corrected chi connectivity index (χ3v) is 6.26. The summed E-state index contributed by atoms with van der Waals surface area (Å²) in [5.74, 6) is 1.87. The highest BCUT2D eigenvalue weighted by molar-refractivity contribution is 14.0. The highest BCUT2D eigenvalue weighted by Crippen LogP contribution is 2.48. The molecule has 1 saturated carbocycles. The van der Waals surface area contributed by atoms with Crippen molar-refractivity contribution in [2.75, 3.05) is 20.2 Å². The second-order valence-electron chi connectivity index (χ2n) is 7.46. The molecule has 0 saturated heterocycles. The minimum Gasteiger partial charge on any atom is -0.378 e. The predicted molar refractivity (Wildman–Crippen MR) is 128 cm³/mol. The maximum absolute atomic E-state index is 5.98. The van der Waals surface area contributed by atoms with Crippen LogP contribution in [-0.4, -0.2) is 52.9 Å². The lowest BCUT2D eigenvalue weighted by Gasteiger charge is -2.55. The fourth-order valence-corrected chi connectivity index (χ4v) is 4.46. The van der Waals surface area contributed by atoms with E-state index < -0.39 is 0 Å². The molecule has 1 aliphatic carbocycles. The zero-order chi connectivity index (χ0) is 20.0. The Balaban J connectivity index is 0.00000300. The fourth-order valence-electron chi connectivity index (χ4n) is 4.46. The van der Waals surface area contributed by atoms with Gasteiger partial charge in [0.15, 0.2) is 11.6 Å².